The van der Waals surface area contributed by atoms with E-state index in [2.05, 4.69) is 15.3 Å². The summed E-state index contributed by atoms with van der Waals surface area (Å²) in [6.45, 7) is 1.81. The van der Waals surface area contributed by atoms with Gasteiger partial charge in [0.15, 0.2) is 10.1 Å². The average molecular weight is 342 g/mol. The van der Waals surface area contributed by atoms with Gasteiger partial charge in [0.25, 0.3) is 11.5 Å². The summed E-state index contributed by atoms with van der Waals surface area (Å²) < 4.78 is 2.42. The number of amides is 1. The molecule has 114 valence electrons. The van der Waals surface area contributed by atoms with E-state index < -0.39 is 5.91 Å². The van der Waals surface area contributed by atoms with Gasteiger partial charge in [0.1, 0.15) is 5.56 Å². The van der Waals surface area contributed by atoms with Gasteiger partial charge < -0.3 is 0 Å². The number of anilines is 1. The van der Waals surface area contributed by atoms with Crippen molar-refractivity contribution in [3.8, 4) is 0 Å². The van der Waals surface area contributed by atoms with Gasteiger partial charge in [-0.3, -0.25) is 19.3 Å². The first-order chi connectivity index (χ1) is 11.1. The molecule has 0 aliphatic carbocycles. The monoisotopic (exact) mass is 342 g/mol. The van der Waals surface area contributed by atoms with E-state index in [-0.39, 0.29) is 11.1 Å². The number of para-hydroxylation sites is 1. The topological polar surface area (TPSA) is 76.4 Å². The van der Waals surface area contributed by atoms with Crippen molar-refractivity contribution in [2.45, 2.75) is 6.92 Å². The Morgan fingerprint density at radius 2 is 2.13 bits per heavy atom. The largest absolute Gasteiger partial charge is 0.298 e. The summed E-state index contributed by atoms with van der Waals surface area (Å²) in [7, 11) is 0. The Labute approximate surface area is 138 Å². The van der Waals surface area contributed by atoms with Crippen molar-refractivity contribution in [2.75, 3.05) is 5.32 Å². The van der Waals surface area contributed by atoms with Crippen LogP contribution >= 0.6 is 22.7 Å². The van der Waals surface area contributed by atoms with Crippen LogP contribution in [0.4, 0.5) is 5.13 Å². The summed E-state index contributed by atoms with van der Waals surface area (Å²) in [4.78, 5) is 33.9. The number of nitrogens with one attached hydrogen (secondary N) is 1. The number of nitrogens with zero attached hydrogens (tertiary/aromatic N) is 3. The van der Waals surface area contributed by atoms with Crippen LogP contribution in [0.15, 0.2) is 40.6 Å². The molecule has 8 heteroatoms. The van der Waals surface area contributed by atoms with Crippen LogP contribution in [0.1, 0.15) is 16.1 Å². The Bertz CT molecular complexity index is 1080. The molecular weight excluding hydrogens is 332 g/mol. The number of benzene rings is 1. The molecule has 4 aromatic rings. The van der Waals surface area contributed by atoms with E-state index in [1.54, 1.807) is 0 Å². The van der Waals surface area contributed by atoms with Crippen LogP contribution in [0.3, 0.4) is 0 Å². The molecule has 23 heavy (non-hydrogen) atoms. The molecule has 1 aromatic carbocycles. The first-order valence-corrected chi connectivity index (χ1v) is 8.46. The zero-order valence-corrected chi connectivity index (χ0v) is 13.6. The molecule has 4 rings (SSSR count). The maximum absolute atomic E-state index is 12.5. The van der Waals surface area contributed by atoms with Gasteiger partial charge in [-0.25, -0.2) is 9.97 Å². The predicted octanol–water partition coefficient (Wildman–Crippen LogP) is 2.93. The SMILES string of the molecule is Cc1csc2ncc(C(=O)Nc3nc4ccccc4s3)c(=O)n12. The molecular formula is C15H10N4O2S2. The smallest absolute Gasteiger partial charge is 0.271 e. The van der Waals surface area contributed by atoms with Crippen molar-refractivity contribution < 1.29 is 4.79 Å². The summed E-state index contributed by atoms with van der Waals surface area (Å²) in [5, 5.41) is 4.98. The minimum atomic E-state index is -0.499. The summed E-state index contributed by atoms with van der Waals surface area (Å²) in [5.41, 5.74) is 1.21. The van der Waals surface area contributed by atoms with E-state index in [0.717, 1.165) is 15.9 Å². The van der Waals surface area contributed by atoms with Gasteiger partial charge in [-0.1, -0.05) is 23.5 Å². The minimum absolute atomic E-state index is 0.00301. The van der Waals surface area contributed by atoms with Crippen molar-refractivity contribution in [1.29, 1.82) is 0 Å². The Hall–Kier alpha value is -2.58. The second kappa shape index (κ2) is 5.25. The van der Waals surface area contributed by atoms with Crippen LogP contribution in [0, 0.1) is 6.92 Å². The fourth-order valence-electron chi connectivity index (χ4n) is 2.27. The molecule has 0 aliphatic heterocycles. The molecule has 3 aromatic heterocycles. The fraction of sp³-hybridized carbons (Fsp3) is 0.0667. The number of carbonyl (C=O) groups is 1. The number of thiazole rings is 2. The van der Waals surface area contributed by atoms with Gasteiger partial charge in [-0.2, -0.15) is 0 Å². The quantitative estimate of drug-likeness (QED) is 0.608. The molecule has 1 amide bonds. The summed E-state index contributed by atoms with van der Waals surface area (Å²) in [6, 6.07) is 7.60. The van der Waals surface area contributed by atoms with E-state index in [1.807, 2.05) is 36.6 Å². The Kier molecular flexibility index (Phi) is 3.21. The maximum atomic E-state index is 12.5. The third kappa shape index (κ3) is 2.32. The molecule has 0 bridgehead atoms. The second-order valence-corrected chi connectivity index (χ2v) is 6.78. The van der Waals surface area contributed by atoms with Crippen molar-refractivity contribution in [2.24, 2.45) is 0 Å². The number of rotatable bonds is 2. The molecule has 6 nitrogen and oxygen atoms in total. The first-order valence-electron chi connectivity index (χ1n) is 6.76. The van der Waals surface area contributed by atoms with E-state index in [4.69, 9.17) is 0 Å². The lowest BCUT2D eigenvalue weighted by Crippen LogP contribution is -2.26. The molecule has 0 radical (unpaired) electrons. The van der Waals surface area contributed by atoms with Crippen LogP contribution in [0.2, 0.25) is 0 Å². The average Bonchev–Trinajstić information content (AvgIpc) is 3.11. The molecule has 0 unspecified atom stereocenters. The third-order valence-electron chi connectivity index (χ3n) is 3.38. The molecule has 3 heterocycles. The van der Waals surface area contributed by atoms with Gasteiger partial charge in [-0.05, 0) is 19.1 Å². The molecule has 0 fully saturated rings. The van der Waals surface area contributed by atoms with E-state index in [1.165, 1.54) is 33.3 Å². The van der Waals surface area contributed by atoms with Crippen LogP contribution < -0.4 is 10.9 Å². The number of aromatic nitrogens is 3. The normalized spacial score (nSPS) is 11.2. The molecule has 0 spiro atoms. The van der Waals surface area contributed by atoms with E-state index >= 15 is 0 Å². The van der Waals surface area contributed by atoms with Crippen molar-refractivity contribution in [1.82, 2.24) is 14.4 Å². The number of aryl methyl sites for hydroxylation is 1. The van der Waals surface area contributed by atoms with Crippen molar-refractivity contribution in [3.63, 3.8) is 0 Å². The molecule has 0 saturated carbocycles. The summed E-state index contributed by atoms with van der Waals surface area (Å²) >= 11 is 2.73. The van der Waals surface area contributed by atoms with Gasteiger partial charge in [0.05, 0.1) is 10.2 Å². The number of hydrogen-bond acceptors (Lipinski definition) is 6. The third-order valence-corrected chi connectivity index (χ3v) is 5.29. The van der Waals surface area contributed by atoms with Crippen molar-refractivity contribution >= 4 is 48.9 Å². The number of hydrogen-bond donors (Lipinski definition) is 1. The minimum Gasteiger partial charge on any atom is -0.298 e. The lowest BCUT2D eigenvalue weighted by molar-refractivity contribution is 0.102. The molecule has 0 atom stereocenters. The van der Waals surface area contributed by atoms with Crippen LogP contribution in [0.5, 0.6) is 0 Å². The fourth-order valence-corrected chi connectivity index (χ4v) is 3.96. The van der Waals surface area contributed by atoms with Gasteiger partial charge in [0, 0.05) is 17.3 Å². The van der Waals surface area contributed by atoms with Crippen LogP contribution in [-0.2, 0) is 0 Å². The zero-order chi connectivity index (χ0) is 16.0. The highest BCUT2D eigenvalue weighted by atomic mass is 32.1. The zero-order valence-electron chi connectivity index (χ0n) is 11.9. The van der Waals surface area contributed by atoms with Crippen LogP contribution in [-0.4, -0.2) is 20.3 Å². The number of fused-ring (bicyclic) bond motifs is 2. The van der Waals surface area contributed by atoms with Crippen molar-refractivity contribution in [3.05, 3.63) is 57.5 Å². The lowest BCUT2D eigenvalue weighted by atomic mass is 10.3. The van der Waals surface area contributed by atoms with E-state index in [9.17, 15) is 9.59 Å². The van der Waals surface area contributed by atoms with E-state index in [0.29, 0.717) is 10.1 Å². The molecule has 0 aliphatic rings. The lowest BCUT2D eigenvalue weighted by Gasteiger charge is -2.02. The second-order valence-electron chi connectivity index (χ2n) is 4.91. The van der Waals surface area contributed by atoms with Crippen LogP contribution in [0.25, 0.3) is 15.2 Å². The molecule has 0 saturated heterocycles. The first kappa shape index (κ1) is 14.0. The highest BCUT2D eigenvalue weighted by Gasteiger charge is 2.16. The van der Waals surface area contributed by atoms with Gasteiger partial charge in [-0.15, -0.1) is 11.3 Å². The summed E-state index contributed by atoms with van der Waals surface area (Å²) in [6.07, 6.45) is 1.32. The highest BCUT2D eigenvalue weighted by Crippen LogP contribution is 2.25. The summed E-state index contributed by atoms with van der Waals surface area (Å²) in [5.74, 6) is -0.499. The number of carbonyl (C=O) groups excluding carboxylic acids is 1. The van der Waals surface area contributed by atoms with Gasteiger partial charge in [0.2, 0.25) is 0 Å². The standard InChI is InChI=1S/C15H10N4O2S2/c1-8-7-22-15-16-6-9(13(21)19(8)15)12(20)18-14-17-10-4-2-3-5-11(10)23-14/h2-7H,1H3,(H,17,18,20). The predicted molar refractivity (Wildman–Crippen MR) is 91.6 cm³/mol. The molecule has 1 N–H and O–H groups in total. The highest BCUT2D eigenvalue weighted by molar-refractivity contribution is 7.22. The Morgan fingerprint density at radius 1 is 1.30 bits per heavy atom. The maximum Gasteiger partial charge on any atom is 0.271 e. The Morgan fingerprint density at radius 3 is 2.96 bits per heavy atom. The Balaban J connectivity index is 1.73. The van der Waals surface area contributed by atoms with Gasteiger partial charge >= 0.3 is 0 Å².